The highest BCUT2D eigenvalue weighted by molar-refractivity contribution is 5.89. The molecule has 0 aliphatic carbocycles. The van der Waals surface area contributed by atoms with Crippen molar-refractivity contribution in [2.75, 3.05) is 33.3 Å². The van der Waals surface area contributed by atoms with Crippen LogP contribution in [0.25, 0.3) is 0 Å². The van der Waals surface area contributed by atoms with E-state index in [1.165, 1.54) is 5.56 Å². The zero-order valence-electron chi connectivity index (χ0n) is 16.5. The number of hydrogen-bond acceptors (Lipinski definition) is 7. The molecule has 3 rings (SSSR count). The second-order valence-electron chi connectivity index (χ2n) is 6.94. The second-order valence-corrected chi connectivity index (χ2v) is 6.94. The summed E-state index contributed by atoms with van der Waals surface area (Å²) in [4.78, 5) is 50.9. The molecule has 158 valence electrons. The Morgan fingerprint density at radius 3 is 2.40 bits per heavy atom. The van der Waals surface area contributed by atoms with Crippen LogP contribution < -0.4 is 5.56 Å². The first-order chi connectivity index (χ1) is 14.4. The molecule has 1 aromatic heterocycles. The van der Waals surface area contributed by atoms with Crippen molar-refractivity contribution in [3.05, 3.63) is 74.2 Å². The van der Waals surface area contributed by atoms with E-state index in [0.29, 0.717) is 26.2 Å². The van der Waals surface area contributed by atoms with Crippen LogP contribution in [-0.4, -0.2) is 64.5 Å². The summed E-state index contributed by atoms with van der Waals surface area (Å²) in [6, 6.07) is 10.9. The number of ether oxygens (including phenoxy) is 1. The standard InChI is InChI=1S/C20H22N4O6/c1-30-20(27)16-11-17(24(28)29)19(26)23(13-16)14-18(25)22-9-7-21(8-10-22)12-15-5-3-2-4-6-15/h2-6,11,13H,7-10,12,14H2,1H3. The van der Waals surface area contributed by atoms with Crippen LogP contribution in [0.5, 0.6) is 0 Å². The van der Waals surface area contributed by atoms with Crippen molar-refractivity contribution in [3.63, 3.8) is 0 Å². The predicted molar refractivity (Wildman–Crippen MR) is 107 cm³/mol. The first-order valence-electron chi connectivity index (χ1n) is 9.40. The van der Waals surface area contributed by atoms with Crippen molar-refractivity contribution in [3.8, 4) is 0 Å². The van der Waals surface area contributed by atoms with Gasteiger partial charge in [0.2, 0.25) is 5.91 Å². The van der Waals surface area contributed by atoms with Crippen molar-refractivity contribution in [2.45, 2.75) is 13.1 Å². The molecule has 1 aromatic carbocycles. The third-order valence-electron chi connectivity index (χ3n) is 4.96. The Hall–Kier alpha value is -3.53. The fourth-order valence-electron chi connectivity index (χ4n) is 3.34. The summed E-state index contributed by atoms with van der Waals surface area (Å²) in [5.74, 6) is -1.17. The lowest BCUT2D eigenvalue weighted by Gasteiger charge is -2.34. The number of carbonyl (C=O) groups excluding carboxylic acids is 2. The zero-order valence-corrected chi connectivity index (χ0v) is 16.5. The molecular weight excluding hydrogens is 392 g/mol. The average molecular weight is 414 g/mol. The van der Waals surface area contributed by atoms with Gasteiger partial charge in [-0.3, -0.25) is 29.2 Å². The smallest absolute Gasteiger partial charge is 0.339 e. The number of hydrogen-bond donors (Lipinski definition) is 0. The van der Waals surface area contributed by atoms with Gasteiger partial charge in [0.15, 0.2) is 0 Å². The maximum Gasteiger partial charge on any atom is 0.339 e. The molecule has 10 nitrogen and oxygen atoms in total. The van der Waals surface area contributed by atoms with Gasteiger partial charge in [-0.15, -0.1) is 0 Å². The van der Waals surface area contributed by atoms with Crippen molar-refractivity contribution in [1.29, 1.82) is 0 Å². The van der Waals surface area contributed by atoms with Crippen LogP contribution in [0.4, 0.5) is 5.69 Å². The summed E-state index contributed by atoms with van der Waals surface area (Å²) in [5.41, 5.74) is -0.692. The molecule has 2 aromatic rings. The summed E-state index contributed by atoms with van der Waals surface area (Å²) in [6.45, 7) is 2.73. The fourth-order valence-corrected chi connectivity index (χ4v) is 3.34. The van der Waals surface area contributed by atoms with Crippen molar-refractivity contribution in [2.24, 2.45) is 0 Å². The van der Waals surface area contributed by atoms with Gasteiger partial charge in [-0.25, -0.2) is 4.79 Å². The lowest BCUT2D eigenvalue weighted by molar-refractivity contribution is -0.386. The number of nitro groups is 1. The van der Waals surface area contributed by atoms with Crippen molar-refractivity contribution >= 4 is 17.6 Å². The largest absolute Gasteiger partial charge is 0.465 e. The Bertz CT molecular complexity index is 996. The molecule has 1 aliphatic rings. The highest BCUT2D eigenvalue weighted by atomic mass is 16.6. The van der Waals surface area contributed by atoms with E-state index in [0.717, 1.165) is 30.5 Å². The van der Waals surface area contributed by atoms with E-state index in [1.807, 2.05) is 30.3 Å². The Labute approximate surface area is 172 Å². The molecule has 2 heterocycles. The molecule has 10 heteroatoms. The monoisotopic (exact) mass is 414 g/mol. The number of aromatic nitrogens is 1. The number of carbonyl (C=O) groups is 2. The Kier molecular flexibility index (Phi) is 6.58. The molecule has 1 amide bonds. The van der Waals surface area contributed by atoms with Crippen LogP contribution >= 0.6 is 0 Å². The molecule has 1 aliphatic heterocycles. The summed E-state index contributed by atoms with van der Waals surface area (Å²) in [5, 5.41) is 11.1. The van der Waals surface area contributed by atoms with E-state index in [1.54, 1.807) is 4.90 Å². The summed E-state index contributed by atoms with van der Waals surface area (Å²) in [7, 11) is 1.13. The Balaban J connectivity index is 1.67. The summed E-state index contributed by atoms with van der Waals surface area (Å²) in [6.07, 6.45) is 1.12. The molecule has 1 fully saturated rings. The minimum atomic E-state index is -0.941. The first-order valence-corrected chi connectivity index (χ1v) is 9.40. The number of benzene rings is 1. The van der Waals surface area contributed by atoms with Crippen LogP contribution in [0, 0.1) is 10.1 Å². The fraction of sp³-hybridized carbons (Fsp3) is 0.350. The molecule has 0 bridgehead atoms. The van der Waals surface area contributed by atoms with Gasteiger partial charge in [-0.1, -0.05) is 30.3 Å². The molecule has 1 saturated heterocycles. The minimum absolute atomic E-state index is 0.163. The van der Waals surface area contributed by atoms with Crippen LogP contribution in [0.3, 0.4) is 0 Å². The molecule has 0 saturated carbocycles. The van der Waals surface area contributed by atoms with E-state index in [9.17, 15) is 24.5 Å². The number of amides is 1. The van der Waals surface area contributed by atoms with Gasteiger partial charge in [-0.2, -0.15) is 0 Å². The average Bonchev–Trinajstić information content (AvgIpc) is 2.75. The Morgan fingerprint density at radius 1 is 1.13 bits per heavy atom. The molecule has 0 radical (unpaired) electrons. The van der Waals surface area contributed by atoms with Gasteiger partial charge >= 0.3 is 17.2 Å². The van der Waals surface area contributed by atoms with E-state index in [2.05, 4.69) is 9.64 Å². The maximum atomic E-state index is 12.7. The highest BCUT2D eigenvalue weighted by Crippen LogP contribution is 2.11. The third kappa shape index (κ3) is 4.90. The quantitative estimate of drug-likeness (QED) is 0.392. The number of esters is 1. The van der Waals surface area contributed by atoms with E-state index in [4.69, 9.17) is 0 Å². The molecule has 0 spiro atoms. The zero-order chi connectivity index (χ0) is 21.7. The molecular formula is C20H22N4O6. The van der Waals surface area contributed by atoms with Gasteiger partial charge in [0, 0.05) is 45.0 Å². The molecule has 0 N–H and O–H groups in total. The number of pyridine rings is 1. The lowest BCUT2D eigenvalue weighted by Crippen LogP contribution is -2.49. The minimum Gasteiger partial charge on any atom is -0.465 e. The number of rotatable bonds is 6. The van der Waals surface area contributed by atoms with Gasteiger partial charge in [0.1, 0.15) is 6.54 Å². The summed E-state index contributed by atoms with van der Waals surface area (Å²) < 4.78 is 5.46. The number of nitrogens with zero attached hydrogens (tertiary/aromatic N) is 4. The van der Waals surface area contributed by atoms with Crippen molar-refractivity contribution in [1.82, 2.24) is 14.4 Å². The van der Waals surface area contributed by atoms with Crippen molar-refractivity contribution < 1.29 is 19.2 Å². The molecule has 0 unspecified atom stereocenters. The van der Waals surface area contributed by atoms with E-state index in [-0.39, 0.29) is 18.0 Å². The number of methoxy groups -OCH3 is 1. The van der Waals surface area contributed by atoms with Crippen LogP contribution in [0.1, 0.15) is 15.9 Å². The highest BCUT2D eigenvalue weighted by Gasteiger charge is 2.25. The topological polar surface area (TPSA) is 115 Å². The normalized spacial score (nSPS) is 14.4. The second kappa shape index (κ2) is 9.31. The van der Waals surface area contributed by atoms with Gasteiger partial charge in [-0.05, 0) is 5.56 Å². The maximum absolute atomic E-state index is 12.7. The first kappa shape index (κ1) is 21.2. The van der Waals surface area contributed by atoms with Crippen LogP contribution in [-0.2, 0) is 22.6 Å². The van der Waals surface area contributed by atoms with Gasteiger partial charge in [0.05, 0.1) is 17.6 Å². The molecule has 30 heavy (non-hydrogen) atoms. The third-order valence-corrected chi connectivity index (χ3v) is 4.96. The summed E-state index contributed by atoms with van der Waals surface area (Å²) >= 11 is 0. The van der Waals surface area contributed by atoms with Gasteiger partial charge < -0.3 is 9.64 Å². The van der Waals surface area contributed by atoms with E-state index < -0.39 is 22.1 Å². The van der Waals surface area contributed by atoms with Crippen LogP contribution in [0.15, 0.2) is 47.4 Å². The van der Waals surface area contributed by atoms with Crippen LogP contribution in [0.2, 0.25) is 0 Å². The predicted octanol–water partition coefficient (Wildman–Crippen LogP) is 0.888. The van der Waals surface area contributed by atoms with Gasteiger partial charge in [0.25, 0.3) is 0 Å². The molecule has 0 atom stereocenters. The number of piperazine rings is 1. The van der Waals surface area contributed by atoms with E-state index >= 15 is 0 Å². The SMILES string of the molecule is COC(=O)c1cc([N+](=O)[O-])c(=O)n(CC(=O)N2CCN(Cc3ccccc3)CC2)c1. The Morgan fingerprint density at radius 2 is 1.80 bits per heavy atom. The lowest BCUT2D eigenvalue weighted by atomic mass is 10.2.